The molecule has 0 saturated carbocycles. The van der Waals surface area contributed by atoms with Crippen molar-refractivity contribution in [3.63, 3.8) is 0 Å². The Balaban J connectivity index is 2.14. The number of hydrogen-bond donors (Lipinski definition) is 2. The van der Waals surface area contributed by atoms with Gasteiger partial charge in [-0.1, -0.05) is 29.8 Å². The van der Waals surface area contributed by atoms with Crippen LogP contribution in [0.4, 0.5) is 0 Å². The maximum atomic E-state index is 12.4. The Bertz CT molecular complexity index is 874. The number of nitrogens with one attached hydrogen (secondary N) is 2. The van der Waals surface area contributed by atoms with Gasteiger partial charge >= 0.3 is 0 Å². The summed E-state index contributed by atoms with van der Waals surface area (Å²) in [4.78, 5) is 12.4. The Morgan fingerprint density at radius 3 is 2.40 bits per heavy atom. The molecule has 0 radical (unpaired) electrons. The predicted octanol–water partition coefficient (Wildman–Crippen LogP) is 3.35. The van der Waals surface area contributed by atoms with Crippen LogP contribution in [0.5, 0.6) is 0 Å². The van der Waals surface area contributed by atoms with E-state index in [0.29, 0.717) is 11.6 Å². The van der Waals surface area contributed by atoms with Gasteiger partial charge in [-0.15, -0.1) is 0 Å². The zero-order chi connectivity index (χ0) is 18.7. The Morgan fingerprint density at radius 1 is 1.08 bits per heavy atom. The van der Waals surface area contributed by atoms with E-state index in [0.717, 1.165) is 5.56 Å². The summed E-state index contributed by atoms with van der Waals surface area (Å²) < 4.78 is 27.3. The van der Waals surface area contributed by atoms with Crippen molar-refractivity contribution in [1.82, 2.24) is 10.0 Å². The van der Waals surface area contributed by atoms with Crippen LogP contribution in [0.15, 0.2) is 53.4 Å². The molecule has 0 atom stereocenters. The lowest BCUT2D eigenvalue weighted by atomic mass is 10.1. The second-order valence-corrected chi connectivity index (χ2v) is 8.81. The second kappa shape index (κ2) is 7.56. The van der Waals surface area contributed by atoms with Crippen LogP contribution >= 0.6 is 11.6 Å². The summed E-state index contributed by atoms with van der Waals surface area (Å²) in [5.74, 6) is -0.354. The predicted molar refractivity (Wildman–Crippen MR) is 99.1 cm³/mol. The number of rotatable bonds is 5. The van der Waals surface area contributed by atoms with Gasteiger partial charge in [0.1, 0.15) is 0 Å². The van der Waals surface area contributed by atoms with Crippen LogP contribution in [0, 0.1) is 0 Å². The van der Waals surface area contributed by atoms with Gasteiger partial charge in [-0.2, -0.15) is 0 Å². The highest BCUT2D eigenvalue weighted by molar-refractivity contribution is 7.89. The third-order valence-corrected chi connectivity index (χ3v) is 5.18. The van der Waals surface area contributed by atoms with Crippen molar-refractivity contribution >= 4 is 27.5 Å². The summed E-state index contributed by atoms with van der Waals surface area (Å²) >= 11 is 5.91. The number of hydrogen-bond acceptors (Lipinski definition) is 3. The first-order valence-electron chi connectivity index (χ1n) is 7.73. The van der Waals surface area contributed by atoms with Crippen molar-refractivity contribution in [3.05, 3.63) is 64.7 Å². The minimum atomic E-state index is -3.69. The third kappa shape index (κ3) is 5.85. The van der Waals surface area contributed by atoms with E-state index < -0.39 is 15.6 Å². The molecule has 0 spiro atoms. The van der Waals surface area contributed by atoms with Gasteiger partial charge in [-0.25, -0.2) is 13.1 Å². The SMILES string of the molecule is CC(C)(C)NS(=O)(=O)c1cccc(C(=O)NCc2cccc(Cl)c2)c1. The number of sulfonamides is 1. The summed E-state index contributed by atoms with van der Waals surface area (Å²) in [6.45, 7) is 5.57. The Labute approximate surface area is 153 Å². The molecule has 0 aromatic heterocycles. The van der Waals surface area contributed by atoms with E-state index >= 15 is 0 Å². The molecule has 7 heteroatoms. The lowest BCUT2D eigenvalue weighted by molar-refractivity contribution is 0.0950. The lowest BCUT2D eigenvalue weighted by Crippen LogP contribution is -2.40. The van der Waals surface area contributed by atoms with Gasteiger partial charge in [0.25, 0.3) is 5.91 Å². The quantitative estimate of drug-likeness (QED) is 0.835. The maximum absolute atomic E-state index is 12.4. The van der Waals surface area contributed by atoms with E-state index in [1.807, 2.05) is 6.07 Å². The number of amides is 1. The van der Waals surface area contributed by atoms with Gasteiger partial charge in [0, 0.05) is 22.7 Å². The molecule has 0 unspecified atom stereocenters. The molecule has 0 aliphatic carbocycles. The van der Waals surface area contributed by atoms with Gasteiger partial charge in [0.15, 0.2) is 0 Å². The number of halogens is 1. The first-order valence-corrected chi connectivity index (χ1v) is 9.60. The van der Waals surface area contributed by atoms with Crippen molar-refractivity contribution in [1.29, 1.82) is 0 Å². The van der Waals surface area contributed by atoms with Crippen molar-refractivity contribution in [3.8, 4) is 0 Å². The average Bonchev–Trinajstić information content (AvgIpc) is 2.50. The molecule has 2 aromatic rings. The monoisotopic (exact) mass is 380 g/mol. The van der Waals surface area contributed by atoms with Crippen molar-refractivity contribution in [2.75, 3.05) is 0 Å². The summed E-state index contributed by atoms with van der Waals surface area (Å²) in [6.07, 6.45) is 0. The number of benzene rings is 2. The van der Waals surface area contributed by atoms with Crippen LogP contribution < -0.4 is 10.0 Å². The van der Waals surface area contributed by atoms with Crippen LogP contribution in [-0.4, -0.2) is 19.9 Å². The molecule has 0 saturated heterocycles. The molecule has 2 aromatic carbocycles. The normalized spacial score (nSPS) is 12.0. The fourth-order valence-electron chi connectivity index (χ4n) is 2.20. The molecule has 25 heavy (non-hydrogen) atoms. The summed E-state index contributed by atoms with van der Waals surface area (Å²) in [5, 5.41) is 3.35. The van der Waals surface area contributed by atoms with Gasteiger partial charge < -0.3 is 5.32 Å². The molecular weight excluding hydrogens is 360 g/mol. The van der Waals surface area contributed by atoms with E-state index in [1.165, 1.54) is 12.1 Å². The molecular formula is C18H21ClN2O3S. The smallest absolute Gasteiger partial charge is 0.251 e. The van der Waals surface area contributed by atoms with Gasteiger partial charge in [0.05, 0.1) is 4.90 Å². The zero-order valence-electron chi connectivity index (χ0n) is 14.3. The first-order chi connectivity index (χ1) is 11.6. The van der Waals surface area contributed by atoms with E-state index in [9.17, 15) is 13.2 Å². The van der Waals surface area contributed by atoms with Crippen molar-refractivity contribution in [2.24, 2.45) is 0 Å². The van der Waals surface area contributed by atoms with Crippen LogP contribution in [-0.2, 0) is 16.6 Å². The van der Waals surface area contributed by atoms with Crippen molar-refractivity contribution < 1.29 is 13.2 Å². The summed E-state index contributed by atoms with van der Waals surface area (Å²) in [6, 6.07) is 13.1. The Kier molecular flexibility index (Phi) is 5.87. The fraction of sp³-hybridized carbons (Fsp3) is 0.278. The van der Waals surface area contributed by atoms with Gasteiger partial charge in [0.2, 0.25) is 10.0 Å². The highest BCUT2D eigenvalue weighted by Crippen LogP contribution is 2.15. The van der Waals surface area contributed by atoms with Crippen molar-refractivity contribution in [2.45, 2.75) is 37.8 Å². The Hall–Kier alpha value is -1.89. The molecule has 5 nitrogen and oxygen atoms in total. The van der Waals surface area contributed by atoms with Crippen LogP contribution in [0.2, 0.25) is 5.02 Å². The minimum Gasteiger partial charge on any atom is -0.348 e. The molecule has 0 aliphatic heterocycles. The van der Waals surface area contributed by atoms with E-state index in [-0.39, 0.29) is 16.4 Å². The van der Waals surface area contributed by atoms with E-state index in [2.05, 4.69) is 10.0 Å². The van der Waals surface area contributed by atoms with E-state index in [1.54, 1.807) is 51.1 Å². The first kappa shape index (κ1) is 19.4. The average molecular weight is 381 g/mol. The molecule has 134 valence electrons. The molecule has 0 aliphatic rings. The minimum absolute atomic E-state index is 0.0535. The highest BCUT2D eigenvalue weighted by Gasteiger charge is 2.22. The van der Waals surface area contributed by atoms with Crippen LogP contribution in [0.25, 0.3) is 0 Å². The van der Waals surface area contributed by atoms with Gasteiger partial charge in [-0.05, 0) is 56.7 Å². The molecule has 2 N–H and O–H groups in total. The topological polar surface area (TPSA) is 75.3 Å². The summed E-state index contributed by atoms with van der Waals surface area (Å²) in [7, 11) is -3.69. The largest absolute Gasteiger partial charge is 0.348 e. The Morgan fingerprint density at radius 2 is 1.76 bits per heavy atom. The standard InChI is InChI=1S/C18H21ClN2O3S/c1-18(2,3)21-25(23,24)16-9-5-7-14(11-16)17(22)20-12-13-6-4-8-15(19)10-13/h4-11,21H,12H2,1-3H3,(H,20,22). The molecule has 0 heterocycles. The fourth-order valence-corrected chi connectivity index (χ4v) is 3.87. The van der Waals surface area contributed by atoms with Gasteiger partial charge in [-0.3, -0.25) is 4.79 Å². The molecule has 0 bridgehead atoms. The third-order valence-electron chi connectivity index (χ3n) is 3.19. The molecule has 0 fully saturated rings. The van der Waals surface area contributed by atoms with Crippen LogP contribution in [0.3, 0.4) is 0 Å². The zero-order valence-corrected chi connectivity index (χ0v) is 15.9. The number of carbonyl (C=O) groups excluding carboxylic acids is 1. The lowest BCUT2D eigenvalue weighted by Gasteiger charge is -2.20. The summed E-state index contributed by atoms with van der Waals surface area (Å²) in [5.41, 5.74) is 0.529. The number of carbonyl (C=O) groups is 1. The molecule has 1 amide bonds. The van der Waals surface area contributed by atoms with E-state index in [4.69, 9.17) is 11.6 Å². The maximum Gasteiger partial charge on any atom is 0.251 e. The molecule has 2 rings (SSSR count). The second-order valence-electron chi connectivity index (χ2n) is 6.70. The highest BCUT2D eigenvalue weighted by atomic mass is 35.5. The van der Waals surface area contributed by atoms with Crippen LogP contribution in [0.1, 0.15) is 36.7 Å².